The lowest BCUT2D eigenvalue weighted by Crippen LogP contribution is -2.45. The van der Waals surface area contributed by atoms with Crippen LogP contribution in [-0.2, 0) is 16.1 Å². The van der Waals surface area contributed by atoms with Crippen LogP contribution < -0.4 is 15.4 Å². The van der Waals surface area contributed by atoms with Crippen molar-refractivity contribution in [2.45, 2.75) is 19.4 Å². The van der Waals surface area contributed by atoms with Crippen LogP contribution in [0.2, 0.25) is 0 Å². The third-order valence-corrected chi connectivity index (χ3v) is 6.24. The van der Waals surface area contributed by atoms with Gasteiger partial charge in [0.05, 0.1) is 13.7 Å². The minimum absolute atomic E-state index is 0.00596. The number of rotatable bonds is 7. The number of hydrogen-bond donors (Lipinski definition) is 2. The Morgan fingerprint density at radius 2 is 1.62 bits per heavy atom. The largest absolute Gasteiger partial charge is 0.497 e. The Morgan fingerprint density at radius 3 is 2.35 bits per heavy atom. The molecule has 0 spiro atoms. The lowest BCUT2D eigenvalue weighted by molar-refractivity contribution is -0.129. The fourth-order valence-corrected chi connectivity index (χ4v) is 4.25. The fraction of sp³-hybridized carbons (Fsp3) is 0.296. The Balaban J connectivity index is 1.22. The van der Waals surface area contributed by atoms with Crippen molar-refractivity contribution in [1.29, 1.82) is 0 Å². The summed E-state index contributed by atoms with van der Waals surface area (Å²) in [7, 11) is 1.60. The van der Waals surface area contributed by atoms with E-state index in [-0.39, 0.29) is 30.2 Å². The van der Waals surface area contributed by atoms with Gasteiger partial charge in [-0.15, -0.1) is 0 Å². The van der Waals surface area contributed by atoms with Crippen molar-refractivity contribution in [3.05, 3.63) is 77.9 Å². The van der Waals surface area contributed by atoms with E-state index in [1.807, 2.05) is 71.6 Å². The highest BCUT2D eigenvalue weighted by Gasteiger charge is 2.28. The van der Waals surface area contributed by atoms with E-state index < -0.39 is 0 Å². The molecule has 0 unspecified atom stereocenters. The molecule has 1 saturated heterocycles. The summed E-state index contributed by atoms with van der Waals surface area (Å²) in [6.07, 6.45) is 1.16. The first-order chi connectivity index (χ1) is 16.5. The van der Waals surface area contributed by atoms with Crippen molar-refractivity contribution in [2.24, 2.45) is 5.92 Å². The van der Waals surface area contributed by atoms with Crippen molar-refractivity contribution in [3.8, 4) is 5.75 Å². The van der Waals surface area contributed by atoms with Gasteiger partial charge in [0.15, 0.2) is 0 Å². The quantitative estimate of drug-likeness (QED) is 0.568. The van der Waals surface area contributed by atoms with Gasteiger partial charge in [-0.3, -0.25) is 14.4 Å². The number of ether oxygens (including phenoxy) is 1. The van der Waals surface area contributed by atoms with Crippen molar-refractivity contribution in [2.75, 3.05) is 26.7 Å². The van der Waals surface area contributed by atoms with E-state index in [9.17, 15) is 14.4 Å². The maximum absolute atomic E-state index is 13.1. The van der Waals surface area contributed by atoms with Gasteiger partial charge in [-0.2, -0.15) is 0 Å². The summed E-state index contributed by atoms with van der Waals surface area (Å²) in [5.74, 6) is 0.163. The van der Waals surface area contributed by atoms with Crippen LogP contribution in [0.4, 0.5) is 0 Å². The number of carbonyl (C=O) groups is 3. The van der Waals surface area contributed by atoms with E-state index in [0.717, 1.165) is 22.1 Å². The zero-order valence-electron chi connectivity index (χ0n) is 19.3. The van der Waals surface area contributed by atoms with Gasteiger partial charge < -0.3 is 20.3 Å². The zero-order valence-corrected chi connectivity index (χ0v) is 19.3. The van der Waals surface area contributed by atoms with E-state index in [2.05, 4.69) is 10.6 Å². The second kappa shape index (κ2) is 10.8. The van der Waals surface area contributed by atoms with Gasteiger partial charge >= 0.3 is 0 Å². The van der Waals surface area contributed by atoms with E-state index in [1.54, 1.807) is 7.11 Å². The Hall–Kier alpha value is -3.87. The molecule has 7 nitrogen and oxygen atoms in total. The number of hydrogen-bond acceptors (Lipinski definition) is 4. The highest BCUT2D eigenvalue weighted by Crippen LogP contribution is 2.23. The topological polar surface area (TPSA) is 87.7 Å². The third kappa shape index (κ3) is 5.54. The molecule has 3 aromatic carbocycles. The molecular weight excluding hydrogens is 430 g/mol. The van der Waals surface area contributed by atoms with E-state index in [0.29, 0.717) is 38.0 Å². The van der Waals surface area contributed by atoms with Crippen LogP contribution in [-0.4, -0.2) is 49.4 Å². The van der Waals surface area contributed by atoms with E-state index in [4.69, 9.17) is 4.74 Å². The maximum atomic E-state index is 13.1. The Labute approximate surface area is 199 Å². The standard InChI is InChI=1S/C27H29N3O4/c1-34-22-11-9-19(10-12-22)17-28-25(31)18-29-26(32)21-13-15-30(16-14-21)27(33)24-8-4-6-20-5-2-3-7-23(20)24/h2-12,21H,13-18H2,1H3,(H,28,31)(H,29,32). The number of amides is 3. The highest BCUT2D eigenvalue weighted by molar-refractivity contribution is 6.07. The SMILES string of the molecule is COc1ccc(CNC(=O)CNC(=O)C2CCN(C(=O)c3cccc4ccccc34)CC2)cc1. The summed E-state index contributed by atoms with van der Waals surface area (Å²) in [5.41, 5.74) is 1.64. The Bertz CT molecular complexity index is 1160. The van der Waals surface area contributed by atoms with Crippen molar-refractivity contribution in [1.82, 2.24) is 15.5 Å². The average molecular weight is 460 g/mol. The van der Waals surface area contributed by atoms with Crippen LogP contribution in [0, 0.1) is 5.92 Å². The summed E-state index contributed by atoms with van der Waals surface area (Å²) in [6.45, 7) is 1.35. The molecular formula is C27H29N3O4. The molecule has 0 atom stereocenters. The number of piperidine rings is 1. The molecule has 0 saturated carbocycles. The molecule has 2 N–H and O–H groups in total. The molecule has 4 rings (SSSR count). The van der Waals surface area contributed by atoms with E-state index >= 15 is 0 Å². The van der Waals surface area contributed by atoms with Gasteiger partial charge in [-0.25, -0.2) is 0 Å². The second-order valence-electron chi connectivity index (χ2n) is 8.44. The predicted molar refractivity (Wildman–Crippen MR) is 130 cm³/mol. The number of carbonyl (C=O) groups excluding carboxylic acids is 3. The fourth-order valence-electron chi connectivity index (χ4n) is 4.25. The zero-order chi connectivity index (χ0) is 23.9. The van der Waals surface area contributed by atoms with Gasteiger partial charge in [-0.05, 0) is 47.4 Å². The first kappa shape index (κ1) is 23.3. The van der Waals surface area contributed by atoms with E-state index in [1.165, 1.54) is 0 Å². The summed E-state index contributed by atoms with van der Waals surface area (Å²) in [6, 6.07) is 21.0. The van der Waals surface area contributed by atoms with Crippen molar-refractivity contribution >= 4 is 28.5 Å². The molecule has 0 aliphatic carbocycles. The van der Waals surface area contributed by atoms with Gasteiger partial charge in [-0.1, -0.05) is 48.5 Å². The van der Waals surface area contributed by atoms with Gasteiger partial charge in [0.1, 0.15) is 5.75 Å². The van der Waals surface area contributed by atoms with Gasteiger partial charge in [0, 0.05) is 31.1 Å². The molecule has 1 heterocycles. The molecule has 1 aliphatic heterocycles. The molecule has 1 fully saturated rings. The molecule has 34 heavy (non-hydrogen) atoms. The first-order valence-electron chi connectivity index (χ1n) is 11.5. The number of fused-ring (bicyclic) bond motifs is 1. The second-order valence-corrected chi connectivity index (χ2v) is 8.44. The lowest BCUT2D eigenvalue weighted by atomic mass is 9.95. The smallest absolute Gasteiger partial charge is 0.254 e. The molecule has 0 bridgehead atoms. The predicted octanol–water partition coefficient (Wildman–Crippen LogP) is 3.13. The summed E-state index contributed by atoms with van der Waals surface area (Å²) in [5, 5.41) is 7.51. The van der Waals surface area contributed by atoms with Crippen LogP contribution in [0.15, 0.2) is 66.7 Å². The summed E-state index contributed by atoms with van der Waals surface area (Å²) in [4.78, 5) is 39.6. The first-order valence-corrected chi connectivity index (χ1v) is 11.5. The average Bonchev–Trinajstić information content (AvgIpc) is 2.90. The molecule has 3 aromatic rings. The number of nitrogens with zero attached hydrogens (tertiary/aromatic N) is 1. The highest BCUT2D eigenvalue weighted by atomic mass is 16.5. The number of benzene rings is 3. The normalized spacial score (nSPS) is 14.0. The van der Waals surface area contributed by atoms with Crippen LogP contribution in [0.1, 0.15) is 28.8 Å². The molecule has 0 radical (unpaired) electrons. The minimum Gasteiger partial charge on any atom is -0.497 e. The molecule has 0 aromatic heterocycles. The number of methoxy groups -OCH3 is 1. The monoisotopic (exact) mass is 459 g/mol. The summed E-state index contributed by atoms with van der Waals surface area (Å²) >= 11 is 0. The Morgan fingerprint density at radius 1 is 0.912 bits per heavy atom. The molecule has 3 amide bonds. The molecule has 7 heteroatoms. The number of nitrogens with one attached hydrogen (secondary N) is 2. The lowest BCUT2D eigenvalue weighted by Gasteiger charge is -2.31. The van der Waals surface area contributed by atoms with Crippen molar-refractivity contribution < 1.29 is 19.1 Å². The van der Waals surface area contributed by atoms with Crippen LogP contribution in [0.5, 0.6) is 5.75 Å². The molecule has 1 aliphatic rings. The maximum Gasteiger partial charge on any atom is 0.254 e. The van der Waals surface area contributed by atoms with Gasteiger partial charge in [0.2, 0.25) is 11.8 Å². The Kier molecular flexibility index (Phi) is 7.42. The summed E-state index contributed by atoms with van der Waals surface area (Å²) < 4.78 is 5.12. The minimum atomic E-state index is -0.243. The number of likely N-dealkylation sites (tertiary alicyclic amines) is 1. The van der Waals surface area contributed by atoms with Gasteiger partial charge in [0.25, 0.3) is 5.91 Å². The van der Waals surface area contributed by atoms with Crippen LogP contribution in [0.25, 0.3) is 10.8 Å². The molecule has 176 valence electrons. The third-order valence-electron chi connectivity index (χ3n) is 6.24. The van der Waals surface area contributed by atoms with Crippen molar-refractivity contribution in [3.63, 3.8) is 0 Å². The van der Waals surface area contributed by atoms with Crippen LogP contribution in [0.3, 0.4) is 0 Å². The van der Waals surface area contributed by atoms with Crippen LogP contribution >= 0.6 is 0 Å².